The molecule has 3 N–H and O–H groups in total. The van der Waals surface area contributed by atoms with Crippen LogP contribution in [0.2, 0.25) is 5.02 Å². The van der Waals surface area contributed by atoms with Gasteiger partial charge in [0.15, 0.2) is 0 Å². The highest BCUT2D eigenvalue weighted by Gasteiger charge is 2.23. The highest BCUT2D eigenvalue weighted by atomic mass is 35.5. The zero-order chi connectivity index (χ0) is 25.5. The standard InChI is InChI=1S/C26H31ClN2O6/c1-4-34-26(33)25(32)29-18-12-15(2)23(21(27)13-18)35-19-10-11-22(30)20(14-19)24(31)28-16(3)17-8-6-5-7-9-17/h10-14,16-17,30H,4-9H2,1-3H3,(H,28,31)(H,29,32)/t16-/m0/s1. The van der Waals surface area contributed by atoms with E-state index in [2.05, 4.69) is 15.4 Å². The molecule has 0 aliphatic heterocycles. The molecule has 3 rings (SSSR count). The number of rotatable bonds is 7. The van der Waals surface area contributed by atoms with Gasteiger partial charge in [-0.2, -0.15) is 0 Å². The van der Waals surface area contributed by atoms with Crippen molar-refractivity contribution in [2.75, 3.05) is 11.9 Å². The monoisotopic (exact) mass is 502 g/mol. The maximum Gasteiger partial charge on any atom is 0.397 e. The van der Waals surface area contributed by atoms with Crippen LogP contribution in [0.4, 0.5) is 5.69 Å². The number of aromatic hydroxyl groups is 1. The molecule has 188 valence electrons. The molecule has 1 fully saturated rings. The first-order valence-electron chi connectivity index (χ1n) is 11.8. The van der Waals surface area contributed by atoms with E-state index in [0.717, 1.165) is 12.8 Å². The van der Waals surface area contributed by atoms with Gasteiger partial charge in [-0.15, -0.1) is 0 Å². The Bertz CT molecular complexity index is 1070. The summed E-state index contributed by atoms with van der Waals surface area (Å²) in [6, 6.07) is 7.43. The number of nitrogens with one attached hydrogen (secondary N) is 2. The molecule has 2 aromatic rings. The molecule has 0 heterocycles. The van der Waals surface area contributed by atoms with Crippen LogP contribution in [0.5, 0.6) is 17.2 Å². The number of carbonyl (C=O) groups excluding carboxylic acids is 3. The third kappa shape index (κ3) is 6.88. The fourth-order valence-corrected chi connectivity index (χ4v) is 4.53. The topological polar surface area (TPSA) is 114 Å². The minimum Gasteiger partial charge on any atom is -0.507 e. The Balaban J connectivity index is 1.73. The first-order chi connectivity index (χ1) is 16.7. The molecule has 0 radical (unpaired) electrons. The summed E-state index contributed by atoms with van der Waals surface area (Å²) in [5.74, 6) is -1.36. The van der Waals surface area contributed by atoms with E-state index < -0.39 is 11.9 Å². The SMILES string of the molecule is CCOC(=O)C(=O)Nc1cc(C)c(Oc2ccc(O)c(C(=O)N[C@@H](C)C3CCCCC3)c2)c(Cl)c1. The van der Waals surface area contributed by atoms with Crippen molar-refractivity contribution in [2.45, 2.75) is 58.9 Å². The predicted octanol–water partition coefficient (Wildman–Crippen LogP) is 5.35. The molecular formula is C26H31ClN2O6. The van der Waals surface area contributed by atoms with Gasteiger partial charge < -0.3 is 25.2 Å². The highest BCUT2D eigenvalue weighted by Crippen LogP contribution is 2.36. The van der Waals surface area contributed by atoms with Gasteiger partial charge in [-0.1, -0.05) is 30.9 Å². The lowest BCUT2D eigenvalue weighted by molar-refractivity contribution is -0.152. The normalized spacial score (nSPS) is 14.6. The Labute approximate surface area is 210 Å². The van der Waals surface area contributed by atoms with Gasteiger partial charge in [0.1, 0.15) is 17.2 Å². The third-order valence-electron chi connectivity index (χ3n) is 6.10. The van der Waals surface area contributed by atoms with Crippen molar-refractivity contribution in [1.29, 1.82) is 0 Å². The molecule has 0 saturated heterocycles. The maximum absolute atomic E-state index is 12.9. The van der Waals surface area contributed by atoms with Crippen LogP contribution in [0, 0.1) is 12.8 Å². The molecule has 2 aromatic carbocycles. The van der Waals surface area contributed by atoms with Gasteiger partial charge >= 0.3 is 11.9 Å². The minimum absolute atomic E-state index is 0.000765. The number of benzene rings is 2. The number of phenolic OH excluding ortho intramolecular Hbond substituents is 1. The van der Waals surface area contributed by atoms with Crippen LogP contribution in [0.25, 0.3) is 0 Å². The molecule has 35 heavy (non-hydrogen) atoms. The molecule has 9 heteroatoms. The van der Waals surface area contributed by atoms with Crippen molar-refractivity contribution in [3.05, 3.63) is 46.5 Å². The van der Waals surface area contributed by atoms with E-state index in [1.165, 1.54) is 43.5 Å². The van der Waals surface area contributed by atoms with Gasteiger partial charge in [-0.05, 0) is 75.4 Å². The van der Waals surface area contributed by atoms with Crippen LogP contribution < -0.4 is 15.4 Å². The number of amides is 2. The summed E-state index contributed by atoms with van der Waals surface area (Å²) in [6.45, 7) is 5.41. The number of ether oxygens (including phenoxy) is 2. The summed E-state index contributed by atoms with van der Waals surface area (Å²) in [5, 5.41) is 15.9. The Kier molecular flexibility index (Phi) is 8.98. The molecule has 1 aliphatic rings. The van der Waals surface area contributed by atoms with Crippen molar-refractivity contribution < 1.29 is 29.0 Å². The maximum atomic E-state index is 12.9. The van der Waals surface area contributed by atoms with Crippen LogP contribution in [-0.2, 0) is 14.3 Å². The number of hydrogen-bond donors (Lipinski definition) is 3. The number of halogens is 1. The second-order valence-corrected chi connectivity index (χ2v) is 9.13. The summed E-state index contributed by atoms with van der Waals surface area (Å²) in [5.41, 5.74) is 0.999. The number of carbonyl (C=O) groups is 3. The fraction of sp³-hybridized carbons (Fsp3) is 0.423. The molecule has 0 unspecified atom stereocenters. The van der Waals surface area contributed by atoms with Crippen molar-refractivity contribution in [1.82, 2.24) is 5.32 Å². The van der Waals surface area contributed by atoms with E-state index >= 15 is 0 Å². The largest absolute Gasteiger partial charge is 0.507 e. The van der Waals surface area contributed by atoms with Crippen LogP contribution in [0.1, 0.15) is 61.9 Å². The number of phenols is 1. The molecule has 0 bridgehead atoms. The number of esters is 1. The van der Waals surface area contributed by atoms with Crippen molar-refractivity contribution in [3.63, 3.8) is 0 Å². The summed E-state index contributed by atoms with van der Waals surface area (Å²) < 4.78 is 10.6. The molecule has 0 aromatic heterocycles. The smallest absolute Gasteiger partial charge is 0.397 e. The van der Waals surface area contributed by atoms with Gasteiger partial charge in [-0.25, -0.2) is 4.79 Å². The Hall–Kier alpha value is -3.26. The highest BCUT2D eigenvalue weighted by molar-refractivity contribution is 6.37. The zero-order valence-corrected chi connectivity index (χ0v) is 20.9. The number of aryl methyl sites for hydroxylation is 1. The van der Waals surface area contributed by atoms with Gasteiger partial charge in [0, 0.05) is 11.7 Å². The number of anilines is 1. The Morgan fingerprint density at radius 3 is 2.51 bits per heavy atom. The summed E-state index contributed by atoms with van der Waals surface area (Å²) >= 11 is 6.38. The van der Waals surface area contributed by atoms with Gasteiger partial charge in [-0.3, -0.25) is 9.59 Å². The van der Waals surface area contributed by atoms with E-state index in [4.69, 9.17) is 16.3 Å². The first kappa shape index (κ1) is 26.3. The predicted molar refractivity (Wildman–Crippen MR) is 133 cm³/mol. The van der Waals surface area contributed by atoms with Crippen LogP contribution >= 0.6 is 11.6 Å². The van der Waals surface area contributed by atoms with Crippen LogP contribution in [-0.4, -0.2) is 35.5 Å². The Morgan fingerprint density at radius 1 is 1.14 bits per heavy atom. The molecule has 8 nitrogen and oxygen atoms in total. The lowest BCUT2D eigenvalue weighted by atomic mass is 9.84. The van der Waals surface area contributed by atoms with Crippen molar-refractivity contribution in [3.8, 4) is 17.2 Å². The zero-order valence-electron chi connectivity index (χ0n) is 20.2. The van der Waals surface area contributed by atoms with Crippen LogP contribution in [0.15, 0.2) is 30.3 Å². The van der Waals surface area contributed by atoms with E-state index in [9.17, 15) is 19.5 Å². The Morgan fingerprint density at radius 2 is 1.86 bits per heavy atom. The molecule has 2 amide bonds. The summed E-state index contributed by atoms with van der Waals surface area (Å²) in [7, 11) is 0. The van der Waals surface area contributed by atoms with Gasteiger partial charge in [0.2, 0.25) is 0 Å². The van der Waals surface area contributed by atoms with E-state index in [1.807, 2.05) is 6.92 Å². The second kappa shape index (κ2) is 11.9. The molecule has 1 atom stereocenters. The molecular weight excluding hydrogens is 472 g/mol. The fourth-order valence-electron chi connectivity index (χ4n) is 4.23. The third-order valence-corrected chi connectivity index (χ3v) is 6.38. The van der Waals surface area contributed by atoms with Crippen molar-refractivity contribution in [2.24, 2.45) is 5.92 Å². The van der Waals surface area contributed by atoms with E-state index in [1.54, 1.807) is 19.9 Å². The first-order valence-corrected chi connectivity index (χ1v) is 12.2. The number of hydrogen-bond acceptors (Lipinski definition) is 6. The summed E-state index contributed by atoms with van der Waals surface area (Å²) in [4.78, 5) is 36.3. The minimum atomic E-state index is -0.991. The molecule has 1 saturated carbocycles. The van der Waals surface area contributed by atoms with Crippen LogP contribution in [0.3, 0.4) is 0 Å². The molecule has 0 spiro atoms. The second-order valence-electron chi connectivity index (χ2n) is 8.72. The van der Waals surface area contributed by atoms with Crippen molar-refractivity contribution >= 4 is 35.1 Å². The van der Waals surface area contributed by atoms with E-state index in [-0.39, 0.29) is 34.9 Å². The average Bonchev–Trinajstić information content (AvgIpc) is 2.83. The van der Waals surface area contributed by atoms with E-state index in [0.29, 0.717) is 28.7 Å². The lowest BCUT2D eigenvalue weighted by Crippen LogP contribution is -2.38. The summed E-state index contributed by atoms with van der Waals surface area (Å²) in [6.07, 6.45) is 5.75. The average molecular weight is 503 g/mol. The lowest BCUT2D eigenvalue weighted by Gasteiger charge is -2.28. The van der Waals surface area contributed by atoms with Gasteiger partial charge in [0.05, 0.1) is 17.2 Å². The molecule has 1 aliphatic carbocycles. The quantitative estimate of drug-likeness (QED) is 0.347. The van der Waals surface area contributed by atoms with Gasteiger partial charge in [0.25, 0.3) is 5.91 Å².